The number of ketones is 1. The number of ether oxygens (including phenoxy) is 1. The zero-order chi connectivity index (χ0) is 20.8. The maximum absolute atomic E-state index is 13.0. The van der Waals surface area contributed by atoms with Crippen LogP contribution in [0.2, 0.25) is 0 Å². The lowest BCUT2D eigenvalue weighted by atomic mass is 9.98. The lowest BCUT2D eigenvalue weighted by Crippen LogP contribution is -2.28. The predicted molar refractivity (Wildman–Crippen MR) is 111 cm³/mol. The number of rotatable bonds is 4. The normalized spacial score (nSPS) is 22.4. The molecule has 3 aromatic rings. The van der Waals surface area contributed by atoms with Gasteiger partial charge in [0.05, 0.1) is 18.4 Å². The Morgan fingerprint density at radius 2 is 2.10 bits per heavy atom. The summed E-state index contributed by atoms with van der Waals surface area (Å²) in [7, 11) is 0. The maximum Gasteiger partial charge on any atom is 0.296 e. The van der Waals surface area contributed by atoms with Crippen molar-refractivity contribution >= 4 is 28.8 Å². The summed E-state index contributed by atoms with van der Waals surface area (Å²) in [5.74, 6) is -0.155. The summed E-state index contributed by atoms with van der Waals surface area (Å²) in [6.45, 7) is 2.13. The second-order valence-electron chi connectivity index (χ2n) is 7.48. The van der Waals surface area contributed by atoms with Gasteiger partial charge >= 0.3 is 0 Å². The Bertz CT molecular complexity index is 1150. The van der Waals surface area contributed by atoms with Crippen LogP contribution >= 0.6 is 11.3 Å². The Morgan fingerprint density at radius 1 is 1.23 bits per heavy atom. The van der Waals surface area contributed by atoms with Crippen LogP contribution in [0.4, 0.5) is 0 Å². The van der Waals surface area contributed by atoms with Gasteiger partial charge in [-0.25, -0.2) is 0 Å². The van der Waals surface area contributed by atoms with Gasteiger partial charge in [0.2, 0.25) is 0 Å². The molecule has 0 spiro atoms. The molecule has 2 aliphatic heterocycles. The number of Topliss-reactive ketones (excluding diaryl/α,β-unsaturated/α-hetero) is 1. The van der Waals surface area contributed by atoms with Crippen molar-refractivity contribution in [1.82, 2.24) is 4.90 Å². The van der Waals surface area contributed by atoms with Crippen LogP contribution in [-0.2, 0) is 22.6 Å². The highest BCUT2D eigenvalue weighted by molar-refractivity contribution is 7.10. The summed E-state index contributed by atoms with van der Waals surface area (Å²) < 4.78 is 11.1. The molecule has 1 aromatic carbocycles. The monoisotopic (exact) mass is 421 g/mol. The molecule has 0 bridgehead atoms. The molecule has 2 aliphatic rings. The Labute approximate surface area is 177 Å². The van der Waals surface area contributed by atoms with Crippen LogP contribution in [0.5, 0.6) is 5.75 Å². The number of hydrogen-bond acceptors (Lipinski definition) is 6. The summed E-state index contributed by atoms with van der Waals surface area (Å²) >= 11 is 1.44. The number of aliphatic hydroxyl groups excluding tert-OH is 1. The summed E-state index contributed by atoms with van der Waals surface area (Å²) in [6, 6.07) is 11.9. The number of aliphatic hydroxyl groups is 1. The fourth-order valence-corrected chi connectivity index (χ4v) is 4.93. The SMILES string of the molecule is C[C@H]1Cc2cc(C(O)=C3C(=O)C(=O)N(Cc4ccco4)[C@@H]3c3cccs3)ccc2O1. The largest absolute Gasteiger partial charge is 0.507 e. The molecule has 152 valence electrons. The van der Waals surface area contributed by atoms with Crippen molar-refractivity contribution in [3.05, 3.63) is 81.4 Å². The van der Waals surface area contributed by atoms with E-state index in [4.69, 9.17) is 9.15 Å². The van der Waals surface area contributed by atoms with Crippen LogP contribution < -0.4 is 4.74 Å². The van der Waals surface area contributed by atoms with Gasteiger partial charge in [-0.05, 0) is 54.3 Å². The first-order valence-corrected chi connectivity index (χ1v) is 10.5. The zero-order valence-electron chi connectivity index (χ0n) is 16.2. The number of carbonyl (C=O) groups excluding carboxylic acids is 2. The molecule has 2 aromatic heterocycles. The van der Waals surface area contributed by atoms with E-state index in [-0.39, 0.29) is 24.0 Å². The van der Waals surface area contributed by atoms with E-state index in [1.54, 1.807) is 24.3 Å². The van der Waals surface area contributed by atoms with Gasteiger partial charge in [0.1, 0.15) is 29.4 Å². The molecule has 0 unspecified atom stereocenters. The second kappa shape index (κ2) is 7.18. The van der Waals surface area contributed by atoms with Crippen LogP contribution in [0.25, 0.3) is 5.76 Å². The molecule has 5 rings (SSSR count). The number of fused-ring (bicyclic) bond motifs is 1. The van der Waals surface area contributed by atoms with Gasteiger partial charge in [0.25, 0.3) is 11.7 Å². The van der Waals surface area contributed by atoms with E-state index >= 15 is 0 Å². The Balaban J connectivity index is 1.61. The number of carbonyl (C=O) groups is 2. The fourth-order valence-electron chi connectivity index (χ4n) is 4.08. The van der Waals surface area contributed by atoms with Crippen molar-refractivity contribution < 1.29 is 23.8 Å². The first-order chi connectivity index (χ1) is 14.5. The van der Waals surface area contributed by atoms with Gasteiger partial charge in [-0.15, -0.1) is 11.3 Å². The van der Waals surface area contributed by atoms with Crippen molar-refractivity contribution in [1.29, 1.82) is 0 Å². The minimum absolute atomic E-state index is 0.0717. The lowest BCUT2D eigenvalue weighted by molar-refractivity contribution is -0.140. The molecule has 30 heavy (non-hydrogen) atoms. The number of furan rings is 1. The number of nitrogens with zero attached hydrogens (tertiary/aromatic N) is 1. The number of amides is 1. The molecule has 6 nitrogen and oxygen atoms in total. The van der Waals surface area contributed by atoms with Crippen LogP contribution in [0.1, 0.15) is 34.7 Å². The standard InChI is InChI=1S/C23H19NO5S/c1-13-10-15-11-14(6-7-17(15)29-13)21(25)19-20(18-5-3-9-30-18)24(23(27)22(19)26)12-16-4-2-8-28-16/h2-9,11,13,20,25H,10,12H2,1H3/t13-,20+/m0/s1. The smallest absolute Gasteiger partial charge is 0.296 e. The minimum atomic E-state index is -0.692. The first kappa shape index (κ1) is 18.7. The molecule has 1 saturated heterocycles. The zero-order valence-corrected chi connectivity index (χ0v) is 17.0. The summed E-state index contributed by atoms with van der Waals surface area (Å²) in [6.07, 6.45) is 2.33. The Morgan fingerprint density at radius 3 is 2.83 bits per heavy atom. The topological polar surface area (TPSA) is 80.0 Å². The van der Waals surface area contributed by atoms with E-state index in [2.05, 4.69) is 0 Å². The van der Waals surface area contributed by atoms with Gasteiger partial charge in [-0.2, -0.15) is 0 Å². The minimum Gasteiger partial charge on any atom is -0.507 e. The Hall–Kier alpha value is -3.32. The maximum atomic E-state index is 13.0. The van der Waals surface area contributed by atoms with Crippen molar-refractivity contribution in [3.8, 4) is 5.75 Å². The molecule has 0 radical (unpaired) electrons. The molecule has 1 N–H and O–H groups in total. The lowest BCUT2D eigenvalue weighted by Gasteiger charge is -2.23. The van der Waals surface area contributed by atoms with E-state index < -0.39 is 17.7 Å². The van der Waals surface area contributed by atoms with Gasteiger partial charge in [0, 0.05) is 16.9 Å². The van der Waals surface area contributed by atoms with Crippen LogP contribution in [0.3, 0.4) is 0 Å². The van der Waals surface area contributed by atoms with Crippen molar-refractivity contribution in [2.45, 2.75) is 32.0 Å². The molecular formula is C23H19NO5S. The van der Waals surface area contributed by atoms with E-state index in [9.17, 15) is 14.7 Å². The number of thiophene rings is 1. The van der Waals surface area contributed by atoms with E-state index in [0.29, 0.717) is 11.3 Å². The molecular weight excluding hydrogens is 402 g/mol. The molecule has 2 atom stereocenters. The first-order valence-electron chi connectivity index (χ1n) is 9.67. The summed E-state index contributed by atoms with van der Waals surface area (Å²) in [4.78, 5) is 28.1. The van der Waals surface area contributed by atoms with Gasteiger partial charge in [0.15, 0.2) is 0 Å². The average Bonchev–Trinajstić information content (AvgIpc) is 3.51. The molecule has 0 aliphatic carbocycles. The van der Waals surface area contributed by atoms with E-state index in [1.807, 2.05) is 30.5 Å². The second-order valence-corrected chi connectivity index (χ2v) is 8.46. The molecule has 0 saturated carbocycles. The summed E-state index contributed by atoms with van der Waals surface area (Å²) in [5, 5.41) is 13.0. The Kier molecular flexibility index (Phi) is 4.47. The molecule has 4 heterocycles. The van der Waals surface area contributed by atoms with Crippen LogP contribution in [0, 0.1) is 0 Å². The third-order valence-electron chi connectivity index (χ3n) is 5.43. The van der Waals surface area contributed by atoms with Gasteiger partial charge < -0.3 is 19.2 Å². The fraction of sp³-hybridized carbons (Fsp3) is 0.217. The number of likely N-dealkylation sites (tertiary alicyclic amines) is 1. The molecule has 1 fully saturated rings. The molecule has 1 amide bonds. The highest BCUT2D eigenvalue weighted by Gasteiger charge is 2.46. The van der Waals surface area contributed by atoms with Crippen molar-refractivity contribution in [2.75, 3.05) is 0 Å². The highest BCUT2D eigenvalue weighted by Crippen LogP contribution is 2.42. The number of benzene rings is 1. The number of hydrogen-bond donors (Lipinski definition) is 1. The van der Waals surface area contributed by atoms with Crippen molar-refractivity contribution in [2.24, 2.45) is 0 Å². The summed E-state index contributed by atoms with van der Waals surface area (Å²) in [5.41, 5.74) is 1.58. The van der Waals surface area contributed by atoms with Gasteiger partial charge in [-0.3, -0.25) is 9.59 Å². The quantitative estimate of drug-likeness (QED) is 0.386. The van der Waals surface area contributed by atoms with E-state index in [0.717, 1.165) is 22.6 Å². The van der Waals surface area contributed by atoms with Crippen LogP contribution in [0.15, 0.2) is 64.1 Å². The molecule has 7 heteroatoms. The van der Waals surface area contributed by atoms with E-state index in [1.165, 1.54) is 22.5 Å². The van der Waals surface area contributed by atoms with Crippen molar-refractivity contribution in [3.63, 3.8) is 0 Å². The van der Waals surface area contributed by atoms with Gasteiger partial charge in [-0.1, -0.05) is 6.07 Å². The highest BCUT2D eigenvalue weighted by atomic mass is 32.1. The predicted octanol–water partition coefficient (Wildman–Crippen LogP) is 4.29. The average molecular weight is 421 g/mol. The third kappa shape index (κ3) is 3.02. The third-order valence-corrected chi connectivity index (χ3v) is 6.35. The van der Waals surface area contributed by atoms with Crippen LogP contribution in [-0.4, -0.2) is 27.8 Å².